The van der Waals surface area contributed by atoms with Crippen LogP contribution in [0.15, 0.2) is 18.6 Å². The van der Waals surface area contributed by atoms with Crippen molar-refractivity contribution in [3.8, 4) is 0 Å². The van der Waals surface area contributed by atoms with Gasteiger partial charge in [0.15, 0.2) is 0 Å². The Morgan fingerprint density at radius 1 is 1.13 bits per heavy atom. The molecule has 1 heterocycles. The van der Waals surface area contributed by atoms with Crippen molar-refractivity contribution in [1.29, 1.82) is 0 Å². The van der Waals surface area contributed by atoms with Gasteiger partial charge < -0.3 is 10.6 Å². The quantitative estimate of drug-likeness (QED) is 0.785. The first-order valence-corrected chi connectivity index (χ1v) is 5.58. The van der Waals surface area contributed by atoms with Crippen molar-refractivity contribution in [3.05, 3.63) is 18.6 Å². The normalized spacial score (nSPS) is 26.2. The van der Waals surface area contributed by atoms with Gasteiger partial charge in [-0.15, -0.1) is 0 Å². The second kappa shape index (κ2) is 5.07. The second-order valence-corrected chi connectivity index (χ2v) is 4.07. The summed E-state index contributed by atoms with van der Waals surface area (Å²) in [5.41, 5.74) is 0. The molecule has 1 fully saturated rings. The van der Waals surface area contributed by atoms with Gasteiger partial charge in [-0.1, -0.05) is 0 Å². The highest BCUT2D eigenvalue weighted by atomic mass is 15.0. The number of aromatic nitrogens is 2. The minimum atomic E-state index is 0.561. The topological polar surface area (TPSA) is 49.8 Å². The molecule has 2 rings (SSSR count). The summed E-state index contributed by atoms with van der Waals surface area (Å²) in [7, 11) is 2.04. The molecule has 1 aromatic heterocycles. The average Bonchev–Trinajstić information content (AvgIpc) is 2.31. The van der Waals surface area contributed by atoms with E-state index in [2.05, 4.69) is 20.6 Å². The average molecular weight is 206 g/mol. The Morgan fingerprint density at radius 2 is 1.87 bits per heavy atom. The van der Waals surface area contributed by atoms with Gasteiger partial charge in [-0.05, 0) is 32.7 Å². The Kier molecular flexibility index (Phi) is 3.50. The van der Waals surface area contributed by atoms with Gasteiger partial charge in [-0.25, -0.2) is 4.98 Å². The van der Waals surface area contributed by atoms with Gasteiger partial charge in [-0.3, -0.25) is 4.98 Å². The summed E-state index contributed by atoms with van der Waals surface area (Å²) >= 11 is 0. The van der Waals surface area contributed by atoms with Crippen LogP contribution in [-0.4, -0.2) is 29.1 Å². The van der Waals surface area contributed by atoms with Crippen LogP contribution in [0.5, 0.6) is 0 Å². The summed E-state index contributed by atoms with van der Waals surface area (Å²) in [5.74, 6) is 0.894. The molecule has 0 amide bonds. The number of rotatable bonds is 3. The fraction of sp³-hybridized carbons (Fsp3) is 0.636. The van der Waals surface area contributed by atoms with Crippen molar-refractivity contribution in [3.63, 3.8) is 0 Å². The summed E-state index contributed by atoms with van der Waals surface area (Å²) in [5, 5.41) is 6.76. The fourth-order valence-electron chi connectivity index (χ4n) is 2.11. The number of nitrogens with zero attached hydrogens (tertiary/aromatic N) is 2. The molecule has 2 N–H and O–H groups in total. The Labute approximate surface area is 90.5 Å². The monoisotopic (exact) mass is 206 g/mol. The van der Waals surface area contributed by atoms with Crippen LogP contribution >= 0.6 is 0 Å². The summed E-state index contributed by atoms with van der Waals surface area (Å²) in [4.78, 5) is 8.27. The third-order valence-electron chi connectivity index (χ3n) is 3.05. The van der Waals surface area contributed by atoms with Gasteiger partial charge in [0.05, 0.1) is 6.20 Å². The SMILES string of the molecule is CNC1CCC(Nc2cnccn2)CC1. The molecule has 1 saturated carbocycles. The summed E-state index contributed by atoms with van der Waals surface area (Å²) in [6.07, 6.45) is 10.1. The highest BCUT2D eigenvalue weighted by Crippen LogP contribution is 2.20. The van der Waals surface area contributed by atoms with E-state index in [1.165, 1.54) is 25.7 Å². The number of anilines is 1. The van der Waals surface area contributed by atoms with Gasteiger partial charge >= 0.3 is 0 Å². The zero-order chi connectivity index (χ0) is 10.5. The maximum atomic E-state index is 4.22. The van der Waals surface area contributed by atoms with Crippen molar-refractivity contribution >= 4 is 5.82 Å². The van der Waals surface area contributed by atoms with E-state index in [1.54, 1.807) is 18.6 Å². The van der Waals surface area contributed by atoms with E-state index in [0.717, 1.165) is 5.82 Å². The van der Waals surface area contributed by atoms with Crippen molar-refractivity contribution in [2.75, 3.05) is 12.4 Å². The summed E-state index contributed by atoms with van der Waals surface area (Å²) in [6.45, 7) is 0. The lowest BCUT2D eigenvalue weighted by atomic mass is 9.91. The standard InChI is InChI=1S/C11H18N4/c1-12-9-2-4-10(5-3-9)15-11-8-13-6-7-14-11/h6-10,12H,2-5H2,1H3,(H,14,15). The minimum absolute atomic E-state index is 0.561. The van der Waals surface area contributed by atoms with Gasteiger partial charge in [0, 0.05) is 24.5 Å². The predicted octanol–water partition coefficient (Wildman–Crippen LogP) is 1.42. The lowest BCUT2D eigenvalue weighted by molar-refractivity contribution is 0.371. The van der Waals surface area contributed by atoms with E-state index in [4.69, 9.17) is 0 Å². The van der Waals surface area contributed by atoms with Crippen LogP contribution in [0.3, 0.4) is 0 Å². The molecular formula is C11H18N4. The van der Waals surface area contributed by atoms with Crippen molar-refractivity contribution in [1.82, 2.24) is 15.3 Å². The molecule has 4 nitrogen and oxygen atoms in total. The van der Waals surface area contributed by atoms with Crippen LogP contribution in [-0.2, 0) is 0 Å². The molecule has 0 aromatic carbocycles. The Hall–Kier alpha value is -1.16. The van der Waals surface area contributed by atoms with Crippen molar-refractivity contribution in [2.24, 2.45) is 0 Å². The smallest absolute Gasteiger partial charge is 0.144 e. The van der Waals surface area contributed by atoms with E-state index in [9.17, 15) is 0 Å². The maximum absolute atomic E-state index is 4.22. The molecule has 0 aliphatic heterocycles. The molecule has 0 spiro atoms. The predicted molar refractivity (Wildman–Crippen MR) is 60.8 cm³/mol. The third kappa shape index (κ3) is 2.89. The largest absolute Gasteiger partial charge is 0.366 e. The Balaban J connectivity index is 1.82. The van der Waals surface area contributed by atoms with Gasteiger partial charge in [0.1, 0.15) is 5.82 Å². The van der Waals surface area contributed by atoms with Crippen LogP contribution < -0.4 is 10.6 Å². The fourth-order valence-corrected chi connectivity index (χ4v) is 2.11. The molecule has 0 atom stereocenters. The van der Waals surface area contributed by atoms with E-state index in [1.807, 2.05) is 7.05 Å². The summed E-state index contributed by atoms with van der Waals surface area (Å²) in [6, 6.07) is 1.26. The molecule has 0 saturated heterocycles. The van der Waals surface area contributed by atoms with Crippen LogP contribution in [0, 0.1) is 0 Å². The molecule has 1 aromatic rings. The van der Waals surface area contributed by atoms with Gasteiger partial charge in [0.25, 0.3) is 0 Å². The molecule has 82 valence electrons. The molecule has 0 unspecified atom stereocenters. The van der Waals surface area contributed by atoms with Crippen LogP contribution in [0.25, 0.3) is 0 Å². The van der Waals surface area contributed by atoms with E-state index in [0.29, 0.717) is 12.1 Å². The lowest BCUT2D eigenvalue weighted by Gasteiger charge is -2.28. The van der Waals surface area contributed by atoms with Crippen LogP contribution in [0.4, 0.5) is 5.82 Å². The molecule has 1 aliphatic carbocycles. The zero-order valence-electron chi connectivity index (χ0n) is 9.11. The first-order chi connectivity index (χ1) is 7.38. The van der Waals surface area contributed by atoms with E-state index < -0.39 is 0 Å². The molecule has 15 heavy (non-hydrogen) atoms. The Bertz CT molecular complexity index is 280. The molecule has 1 aliphatic rings. The third-order valence-corrected chi connectivity index (χ3v) is 3.05. The van der Waals surface area contributed by atoms with E-state index in [-0.39, 0.29) is 0 Å². The van der Waals surface area contributed by atoms with E-state index >= 15 is 0 Å². The van der Waals surface area contributed by atoms with Crippen molar-refractivity contribution < 1.29 is 0 Å². The minimum Gasteiger partial charge on any atom is -0.366 e. The molecule has 0 bridgehead atoms. The summed E-state index contributed by atoms with van der Waals surface area (Å²) < 4.78 is 0. The highest BCUT2D eigenvalue weighted by Gasteiger charge is 2.19. The van der Waals surface area contributed by atoms with Crippen molar-refractivity contribution in [2.45, 2.75) is 37.8 Å². The Morgan fingerprint density at radius 3 is 2.47 bits per heavy atom. The number of hydrogen-bond donors (Lipinski definition) is 2. The maximum Gasteiger partial charge on any atom is 0.144 e. The molecule has 4 heteroatoms. The zero-order valence-corrected chi connectivity index (χ0v) is 9.11. The van der Waals surface area contributed by atoms with Gasteiger partial charge in [-0.2, -0.15) is 0 Å². The first kappa shape index (κ1) is 10.4. The lowest BCUT2D eigenvalue weighted by Crippen LogP contribution is -2.35. The molecule has 0 radical (unpaired) electrons. The second-order valence-electron chi connectivity index (χ2n) is 4.07. The highest BCUT2D eigenvalue weighted by molar-refractivity contribution is 5.31. The number of hydrogen-bond acceptors (Lipinski definition) is 4. The van der Waals surface area contributed by atoms with Gasteiger partial charge in [0.2, 0.25) is 0 Å². The van der Waals surface area contributed by atoms with Crippen LogP contribution in [0.1, 0.15) is 25.7 Å². The molecular weight excluding hydrogens is 188 g/mol. The number of nitrogens with one attached hydrogen (secondary N) is 2. The first-order valence-electron chi connectivity index (χ1n) is 5.58. The van der Waals surface area contributed by atoms with Crippen LogP contribution in [0.2, 0.25) is 0 Å².